The topological polar surface area (TPSA) is 20.2 Å². The standard InChI is InChI=1S/C12H26NO/c1-13(2,3)9-5-7-11-6-4-8-12(14)10-11/h11-12,14H,4-10H2,1-3H3/q+1. The van der Waals surface area contributed by atoms with Crippen LogP contribution in [0.4, 0.5) is 0 Å². The molecule has 84 valence electrons. The van der Waals surface area contributed by atoms with Gasteiger partial charge in [-0.3, -0.25) is 0 Å². The third-order valence-corrected chi connectivity index (χ3v) is 3.20. The van der Waals surface area contributed by atoms with Crippen molar-refractivity contribution in [2.24, 2.45) is 5.92 Å². The molecule has 1 aliphatic carbocycles. The molecule has 1 saturated carbocycles. The van der Waals surface area contributed by atoms with Crippen molar-refractivity contribution in [3.63, 3.8) is 0 Å². The highest BCUT2D eigenvalue weighted by molar-refractivity contribution is 4.71. The van der Waals surface area contributed by atoms with E-state index in [2.05, 4.69) is 21.1 Å². The summed E-state index contributed by atoms with van der Waals surface area (Å²) in [7, 11) is 6.74. The summed E-state index contributed by atoms with van der Waals surface area (Å²) in [5.41, 5.74) is 0. The lowest BCUT2D eigenvalue weighted by atomic mass is 9.84. The van der Waals surface area contributed by atoms with Gasteiger partial charge >= 0.3 is 0 Å². The van der Waals surface area contributed by atoms with Crippen LogP contribution >= 0.6 is 0 Å². The van der Waals surface area contributed by atoms with Crippen molar-refractivity contribution in [3.8, 4) is 0 Å². The molecule has 2 nitrogen and oxygen atoms in total. The molecular weight excluding hydrogens is 174 g/mol. The van der Waals surface area contributed by atoms with Crippen LogP contribution in [0.25, 0.3) is 0 Å². The van der Waals surface area contributed by atoms with Gasteiger partial charge in [-0.15, -0.1) is 0 Å². The molecule has 1 rings (SSSR count). The summed E-state index contributed by atoms with van der Waals surface area (Å²) in [4.78, 5) is 0. The number of quaternary nitrogens is 1. The van der Waals surface area contributed by atoms with Crippen LogP contribution in [0.1, 0.15) is 38.5 Å². The van der Waals surface area contributed by atoms with Gasteiger partial charge in [0.25, 0.3) is 0 Å². The summed E-state index contributed by atoms with van der Waals surface area (Å²) in [6.07, 6.45) is 7.28. The average Bonchev–Trinajstić information content (AvgIpc) is 2.01. The van der Waals surface area contributed by atoms with Crippen LogP contribution in [-0.4, -0.2) is 43.4 Å². The second kappa shape index (κ2) is 5.13. The van der Waals surface area contributed by atoms with Crippen molar-refractivity contribution in [2.75, 3.05) is 27.7 Å². The molecule has 0 amide bonds. The largest absolute Gasteiger partial charge is 0.393 e. The maximum Gasteiger partial charge on any atom is 0.0780 e. The van der Waals surface area contributed by atoms with Gasteiger partial charge in [0.15, 0.2) is 0 Å². The van der Waals surface area contributed by atoms with Crippen molar-refractivity contribution in [1.29, 1.82) is 0 Å². The van der Waals surface area contributed by atoms with Gasteiger partial charge < -0.3 is 9.59 Å². The fourth-order valence-electron chi connectivity index (χ4n) is 2.38. The van der Waals surface area contributed by atoms with Gasteiger partial charge in [0.1, 0.15) is 0 Å². The number of aliphatic hydroxyl groups is 1. The van der Waals surface area contributed by atoms with Gasteiger partial charge in [0.2, 0.25) is 0 Å². The first kappa shape index (κ1) is 12.0. The normalized spacial score (nSPS) is 29.1. The summed E-state index contributed by atoms with van der Waals surface area (Å²) >= 11 is 0. The lowest BCUT2D eigenvalue weighted by Crippen LogP contribution is -2.35. The quantitative estimate of drug-likeness (QED) is 0.688. The minimum Gasteiger partial charge on any atom is -0.393 e. The Balaban J connectivity index is 2.12. The summed E-state index contributed by atoms with van der Waals surface area (Å²) in [5, 5.41) is 9.53. The fourth-order valence-corrected chi connectivity index (χ4v) is 2.38. The van der Waals surface area contributed by atoms with Gasteiger partial charge in [-0.05, 0) is 31.6 Å². The van der Waals surface area contributed by atoms with Gasteiger partial charge in [0, 0.05) is 0 Å². The third-order valence-electron chi connectivity index (χ3n) is 3.20. The van der Waals surface area contributed by atoms with E-state index in [0.29, 0.717) is 0 Å². The molecular formula is C12H26NO+. The monoisotopic (exact) mass is 200 g/mol. The number of aliphatic hydroxyl groups excluding tert-OH is 1. The molecule has 2 unspecified atom stereocenters. The number of hydrogen-bond donors (Lipinski definition) is 1. The Hall–Kier alpha value is -0.0800. The van der Waals surface area contributed by atoms with Gasteiger partial charge in [-0.1, -0.05) is 12.8 Å². The minimum atomic E-state index is -0.00197. The van der Waals surface area contributed by atoms with E-state index in [9.17, 15) is 5.11 Å². The molecule has 0 bridgehead atoms. The van der Waals surface area contributed by atoms with E-state index in [-0.39, 0.29) is 6.10 Å². The van der Waals surface area contributed by atoms with Crippen LogP contribution in [-0.2, 0) is 0 Å². The second-order valence-corrected chi connectivity index (χ2v) is 5.84. The molecule has 1 aliphatic rings. The van der Waals surface area contributed by atoms with Gasteiger partial charge in [-0.2, -0.15) is 0 Å². The van der Waals surface area contributed by atoms with E-state index < -0.39 is 0 Å². The summed E-state index contributed by atoms with van der Waals surface area (Å²) in [6.45, 7) is 1.26. The average molecular weight is 200 g/mol. The first-order valence-electron chi connectivity index (χ1n) is 5.96. The maximum absolute atomic E-state index is 9.53. The molecule has 1 fully saturated rings. The number of nitrogens with zero attached hydrogens (tertiary/aromatic N) is 1. The van der Waals surface area contributed by atoms with E-state index in [1.54, 1.807) is 0 Å². The minimum absolute atomic E-state index is 0.00197. The van der Waals surface area contributed by atoms with E-state index in [0.717, 1.165) is 23.2 Å². The molecule has 0 heterocycles. The number of hydrogen-bond acceptors (Lipinski definition) is 1. The fraction of sp³-hybridized carbons (Fsp3) is 1.00. The Kier molecular flexibility index (Phi) is 4.39. The van der Waals surface area contributed by atoms with Crippen LogP contribution in [0.5, 0.6) is 0 Å². The van der Waals surface area contributed by atoms with Crippen molar-refractivity contribution >= 4 is 0 Å². The zero-order chi connectivity index (χ0) is 10.6. The Morgan fingerprint density at radius 1 is 1.21 bits per heavy atom. The molecule has 2 atom stereocenters. The van der Waals surface area contributed by atoms with E-state index in [4.69, 9.17) is 0 Å². The molecule has 0 radical (unpaired) electrons. The summed E-state index contributed by atoms with van der Waals surface area (Å²) < 4.78 is 1.06. The molecule has 0 spiro atoms. The molecule has 14 heavy (non-hydrogen) atoms. The SMILES string of the molecule is C[N+](C)(C)CCCC1CCCC(O)C1. The molecule has 0 aromatic carbocycles. The molecule has 0 aliphatic heterocycles. The van der Waals surface area contributed by atoms with Crippen molar-refractivity contribution < 1.29 is 9.59 Å². The highest BCUT2D eigenvalue weighted by Crippen LogP contribution is 2.27. The van der Waals surface area contributed by atoms with Crippen molar-refractivity contribution in [3.05, 3.63) is 0 Å². The summed E-state index contributed by atoms with van der Waals surface area (Å²) in [6, 6.07) is 0. The first-order chi connectivity index (χ1) is 6.47. The van der Waals surface area contributed by atoms with Crippen LogP contribution in [0.3, 0.4) is 0 Å². The second-order valence-electron chi connectivity index (χ2n) is 5.84. The first-order valence-corrected chi connectivity index (χ1v) is 5.96. The predicted molar refractivity (Wildman–Crippen MR) is 60.1 cm³/mol. The van der Waals surface area contributed by atoms with Gasteiger partial charge in [-0.25, -0.2) is 0 Å². The molecule has 1 N–H and O–H groups in total. The van der Waals surface area contributed by atoms with Crippen molar-refractivity contribution in [1.82, 2.24) is 0 Å². The smallest absolute Gasteiger partial charge is 0.0780 e. The highest BCUT2D eigenvalue weighted by atomic mass is 16.3. The van der Waals surface area contributed by atoms with Gasteiger partial charge in [0.05, 0.1) is 33.8 Å². The maximum atomic E-state index is 9.53. The highest BCUT2D eigenvalue weighted by Gasteiger charge is 2.20. The van der Waals surface area contributed by atoms with Crippen molar-refractivity contribution in [2.45, 2.75) is 44.6 Å². The third kappa shape index (κ3) is 4.97. The van der Waals surface area contributed by atoms with Crippen LogP contribution in [0.2, 0.25) is 0 Å². The Bertz CT molecular complexity index is 162. The zero-order valence-electron chi connectivity index (χ0n) is 10.00. The lowest BCUT2D eigenvalue weighted by molar-refractivity contribution is -0.870. The molecule has 0 aromatic heterocycles. The Morgan fingerprint density at radius 2 is 1.93 bits per heavy atom. The van der Waals surface area contributed by atoms with E-state index >= 15 is 0 Å². The molecule has 0 aromatic rings. The zero-order valence-corrected chi connectivity index (χ0v) is 10.00. The Labute approximate surface area is 88.5 Å². The summed E-state index contributed by atoms with van der Waals surface area (Å²) in [5.74, 6) is 0.797. The van der Waals surface area contributed by atoms with Crippen LogP contribution in [0, 0.1) is 5.92 Å². The Morgan fingerprint density at radius 3 is 2.50 bits per heavy atom. The van der Waals surface area contributed by atoms with E-state index in [1.165, 1.54) is 32.2 Å². The van der Waals surface area contributed by atoms with E-state index in [1.807, 2.05) is 0 Å². The molecule has 0 saturated heterocycles. The van der Waals surface area contributed by atoms with Crippen LogP contribution < -0.4 is 0 Å². The lowest BCUT2D eigenvalue weighted by Gasteiger charge is -2.28. The number of rotatable bonds is 4. The predicted octanol–water partition coefficient (Wildman–Crippen LogP) is 2.02. The van der Waals surface area contributed by atoms with Crippen LogP contribution in [0.15, 0.2) is 0 Å². The molecule has 2 heteroatoms.